The van der Waals surface area contributed by atoms with Gasteiger partial charge in [-0.3, -0.25) is 9.59 Å². The van der Waals surface area contributed by atoms with Crippen LogP contribution in [0, 0.1) is 0 Å². The molecule has 0 spiro atoms. The van der Waals surface area contributed by atoms with E-state index in [1.165, 1.54) is 0 Å². The second-order valence-corrected chi connectivity index (χ2v) is 8.39. The zero-order valence-corrected chi connectivity index (χ0v) is 19.3. The van der Waals surface area contributed by atoms with Gasteiger partial charge in [0.2, 0.25) is 5.91 Å². The minimum atomic E-state index is -0.600. The summed E-state index contributed by atoms with van der Waals surface area (Å²) in [6, 6.07) is 18.0. The van der Waals surface area contributed by atoms with Gasteiger partial charge < -0.3 is 24.4 Å². The average molecular weight is 459 g/mol. The largest absolute Gasteiger partial charge is 0.497 e. The van der Waals surface area contributed by atoms with E-state index in [4.69, 9.17) is 14.2 Å². The number of nitrogens with one attached hydrogen (secondary N) is 1. The van der Waals surface area contributed by atoms with Crippen LogP contribution < -0.4 is 19.5 Å². The van der Waals surface area contributed by atoms with Crippen LogP contribution in [0.5, 0.6) is 17.2 Å². The monoisotopic (exact) mass is 458 g/mol. The lowest BCUT2D eigenvalue weighted by molar-refractivity contribution is -0.119. The molecule has 0 aliphatic carbocycles. The van der Waals surface area contributed by atoms with Crippen LogP contribution in [-0.2, 0) is 11.2 Å². The third kappa shape index (κ3) is 3.53. The summed E-state index contributed by atoms with van der Waals surface area (Å²) in [7, 11) is 4.77. The Balaban J connectivity index is 1.64. The number of hydrogen-bond acceptors (Lipinski definition) is 5. The van der Waals surface area contributed by atoms with Gasteiger partial charge >= 0.3 is 0 Å². The molecule has 0 radical (unpaired) electrons. The molecule has 0 saturated carbocycles. The Morgan fingerprint density at radius 3 is 2.44 bits per heavy atom. The van der Waals surface area contributed by atoms with Crippen molar-refractivity contribution in [1.82, 2.24) is 4.90 Å². The van der Waals surface area contributed by atoms with Gasteiger partial charge in [0.25, 0.3) is 5.91 Å². The summed E-state index contributed by atoms with van der Waals surface area (Å²) < 4.78 is 16.3. The number of benzene rings is 3. The fourth-order valence-electron chi connectivity index (χ4n) is 5.06. The predicted molar refractivity (Wildman–Crippen MR) is 128 cm³/mol. The Bertz CT molecular complexity index is 1270. The molecular formula is C27H26N2O5. The summed E-state index contributed by atoms with van der Waals surface area (Å²) >= 11 is 0. The zero-order chi connectivity index (χ0) is 23.8. The van der Waals surface area contributed by atoms with Crippen LogP contribution in [0.25, 0.3) is 0 Å². The predicted octanol–water partition coefficient (Wildman–Crippen LogP) is 4.19. The fourth-order valence-corrected chi connectivity index (χ4v) is 5.06. The van der Waals surface area contributed by atoms with Crippen molar-refractivity contribution in [2.45, 2.75) is 18.4 Å². The second kappa shape index (κ2) is 8.74. The van der Waals surface area contributed by atoms with Crippen molar-refractivity contribution < 1.29 is 23.8 Å². The highest BCUT2D eigenvalue weighted by atomic mass is 16.5. The van der Waals surface area contributed by atoms with Crippen LogP contribution in [0.1, 0.15) is 39.0 Å². The smallest absolute Gasteiger partial charge is 0.254 e. The standard InChI is InChI=1S/C27H26N2O5/c1-32-18-8-6-7-17(14-18)28-26(30)24-19-9-4-5-10-20(19)27(31)29-12-11-16-13-22(33-2)23(34-3)15-21(16)25(24)29/h4-10,13-15,24-25H,11-12H2,1-3H3,(H,28,30)/t24-,25-/m1/s1. The summed E-state index contributed by atoms with van der Waals surface area (Å²) in [6.45, 7) is 0.517. The first-order valence-corrected chi connectivity index (χ1v) is 11.1. The van der Waals surface area contributed by atoms with Crippen molar-refractivity contribution in [2.75, 3.05) is 33.2 Å². The van der Waals surface area contributed by atoms with Gasteiger partial charge in [-0.25, -0.2) is 0 Å². The summed E-state index contributed by atoms with van der Waals surface area (Å²) in [4.78, 5) is 29.1. The number of amides is 2. The van der Waals surface area contributed by atoms with E-state index in [1.807, 2.05) is 53.4 Å². The minimum Gasteiger partial charge on any atom is -0.497 e. The lowest BCUT2D eigenvalue weighted by Gasteiger charge is -2.45. The molecule has 7 nitrogen and oxygen atoms in total. The maximum atomic E-state index is 13.8. The van der Waals surface area contributed by atoms with Crippen LogP contribution in [0.4, 0.5) is 5.69 Å². The van der Waals surface area contributed by atoms with Gasteiger partial charge in [0.05, 0.1) is 33.3 Å². The van der Waals surface area contributed by atoms with Crippen molar-refractivity contribution in [3.05, 3.63) is 82.9 Å². The number of nitrogens with zero attached hydrogens (tertiary/aromatic N) is 1. The highest BCUT2D eigenvalue weighted by Gasteiger charge is 2.46. The molecule has 1 N–H and O–H groups in total. The first-order valence-electron chi connectivity index (χ1n) is 11.1. The summed E-state index contributed by atoms with van der Waals surface area (Å²) in [6.07, 6.45) is 0.671. The van der Waals surface area contributed by atoms with Gasteiger partial charge in [0, 0.05) is 23.9 Å². The first kappa shape index (κ1) is 21.8. The lowest BCUT2D eigenvalue weighted by Crippen LogP contribution is -2.49. The third-order valence-corrected chi connectivity index (χ3v) is 6.64. The van der Waals surface area contributed by atoms with Gasteiger partial charge in [0.1, 0.15) is 5.75 Å². The van der Waals surface area contributed by atoms with E-state index >= 15 is 0 Å². The summed E-state index contributed by atoms with van der Waals surface area (Å²) in [5.74, 6) is 1.00. The Labute approximate surface area is 198 Å². The van der Waals surface area contributed by atoms with Crippen molar-refractivity contribution in [2.24, 2.45) is 0 Å². The Morgan fingerprint density at radius 1 is 0.912 bits per heavy atom. The molecule has 2 aliphatic rings. The van der Waals surface area contributed by atoms with E-state index < -0.39 is 12.0 Å². The molecule has 2 amide bonds. The molecule has 5 rings (SSSR count). The maximum absolute atomic E-state index is 13.8. The molecule has 7 heteroatoms. The Hall–Kier alpha value is -4.00. The molecule has 34 heavy (non-hydrogen) atoms. The van der Waals surface area contributed by atoms with Crippen LogP contribution in [0.15, 0.2) is 60.7 Å². The number of methoxy groups -OCH3 is 3. The number of carbonyl (C=O) groups excluding carboxylic acids is 2. The van der Waals surface area contributed by atoms with E-state index in [0.717, 1.165) is 16.7 Å². The lowest BCUT2D eigenvalue weighted by atomic mass is 9.75. The fraction of sp³-hybridized carbons (Fsp3) is 0.259. The molecule has 2 heterocycles. The van der Waals surface area contributed by atoms with Crippen LogP contribution in [0.2, 0.25) is 0 Å². The number of fused-ring (bicyclic) bond motifs is 4. The van der Waals surface area contributed by atoms with Crippen molar-refractivity contribution in [3.63, 3.8) is 0 Å². The van der Waals surface area contributed by atoms with Crippen molar-refractivity contribution in [1.29, 1.82) is 0 Å². The zero-order valence-electron chi connectivity index (χ0n) is 19.3. The molecule has 0 bridgehead atoms. The number of carbonyl (C=O) groups is 2. The number of rotatable bonds is 5. The molecule has 174 valence electrons. The summed E-state index contributed by atoms with van der Waals surface area (Å²) in [5, 5.41) is 3.04. The molecule has 2 aliphatic heterocycles. The maximum Gasteiger partial charge on any atom is 0.254 e. The molecule has 2 atom stereocenters. The van der Waals surface area contributed by atoms with Gasteiger partial charge in [-0.2, -0.15) is 0 Å². The number of ether oxygens (including phenoxy) is 3. The Kier molecular flexibility index (Phi) is 5.61. The van der Waals surface area contributed by atoms with Crippen molar-refractivity contribution in [3.8, 4) is 17.2 Å². The molecule has 0 saturated heterocycles. The van der Waals surface area contributed by atoms with E-state index in [2.05, 4.69) is 5.32 Å². The van der Waals surface area contributed by atoms with Gasteiger partial charge in [-0.15, -0.1) is 0 Å². The van der Waals surface area contributed by atoms with E-state index in [1.54, 1.807) is 33.5 Å². The second-order valence-electron chi connectivity index (χ2n) is 8.39. The first-order chi connectivity index (χ1) is 16.5. The normalized spacial score (nSPS) is 18.3. The van der Waals surface area contributed by atoms with Gasteiger partial charge in [0.15, 0.2) is 11.5 Å². The molecule has 0 unspecified atom stereocenters. The highest BCUT2D eigenvalue weighted by Crippen LogP contribution is 2.48. The number of hydrogen-bond donors (Lipinski definition) is 1. The van der Waals surface area contributed by atoms with Crippen LogP contribution >= 0.6 is 0 Å². The van der Waals surface area contributed by atoms with E-state index in [0.29, 0.717) is 41.5 Å². The topological polar surface area (TPSA) is 77.1 Å². The molecule has 0 fully saturated rings. The van der Waals surface area contributed by atoms with E-state index in [9.17, 15) is 9.59 Å². The molecule has 3 aromatic carbocycles. The van der Waals surface area contributed by atoms with Gasteiger partial charge in [-0.1, -0.05) is 24.3 Å². The van der Waals surface area contributed by atoms with Crippen LogP contribution in [-0.4, -0.2) is 44.6 Å². The Morgan fingerprint density at radius 2 is 1.68 bits per heavy atom. The molecular weight excluding hydrogens is 432 g/mol. The number of anilines is 1. The SMILES string of the molecule is COc1cccc(NC(=O)[C@@H]2c3ccccc3C(=O)N3CCc4cc(OC)c(OC)cc4[C@H]23)c1. The average Bonchev–Trinajstić information content (AvgIpc) is 2.88. The summed E-state index contributed by atoms with van der Waals surface area (Å²) in [5.41, 5.74) is 3.86. The van der Waals surface area contributed by atoms with E-state index in [-0.39, 0.29) is 11.8 Å². The minimum absolute atomic E-state index is 0.0635. The quantitative estimate of drug-likeness (QED) is 0.621. The van der Waals surface area contributed by atoms with Crippen molar-refractivity contribution >= 4 is 17.5 Å². The third-order valence-electron chi connectivity index (χ3n) is 6.64. The van der Waals surface area contributed by atoms with Crippen LogP contribution in [0.3, 0.4) is 0 Å². The highest BCUT2D eigenvalue weighted by molar-refractivity contribution is 6.04. The van der Waals surface area contributed by atoms with Gasteiger partial charge in [-0.05, 0) is 53.4 Å². The molecule has 0 aromatic heterocycles. The molecule has 3 aromatic rings.